The molecule has 0 fully saturated rings. The highest BCUT2D eigenvalue weighted by atomic mass is 16.5. The average molecular weight is 343 g/mol. The quantitative estimate of drug-likeness (QED) is 0.757. The second-order valence-electron chi connectivity index (χ2n) is 5.35. The zero-order valence-corrected chi connectivity index (χ0v) is 15.0. The van der Waals surface area contributed by atoms with Gasteiger partial charge in [-0.2, -0.15) is 0 Å². The molecule has 1 amide bonds. The Morgan fingerprint density at radius 2 is 1.68 bits per heavy atom. The summed E-state index contributed by atoms with van der Waals surface area (Å²) >= 11 is 0. The first-order valence-corrected chi connectivity index (χ1v) is 8.49. The fourth-order valence-corrected chi connectivity index (χ4v) is 2.51. The van der Waals surface area contributed by atoms with Gasteiger partial charge in [0.25, 0.3) is 5.91 Å². The topological polar surface area (TPSA) is 56.8 Å². The number of hydrogen-bond acceptors (Lipinski definition) is 4. The molecule has 134 valence electrons. The Balaban J connectivity index is 1.99. The summed E-state index contributed by atoms with van der Waals surface area (Å²) < 4.78 is 16.4. The Kier molecular flexibility index (Phi) is 7.14. The van der Waals surface area contributed by atoms with Gasteiger partial charge in [-0.3, -0.25) is 4.79 Å². The van der Waals surface area contributed by atoms with E-state index in [1.807, 2.05) is 38.1 Å². The maximum absolute atomic E-state index is 12.4. The summed E-state index contributed by atoms with van der Waals surface area (Å²) in [5.41, 5.74) is 1.61. The fourth-order valence-electron chi connectivity index (χ4n) is 2.51. The molecule has 5 heteroatoms. The molecule has 0 aliphatic rings. The van der Waals surface area contributed by atoms with Gasteiger partial charge in [0, 0.05) is 12.1 Å². The van der Waals surface area contributed by atoms with E-state index < -0.39 is 0 Å². The van der Waals surface area contributed by atoms with Crippen LogP contribution < -0.4 is 19.5 Å². The van der Waals surface area contributed by atoms with Crippen LogP contribution >= 0.6 is 0 Å². The second-order valence-corrected chi connectivity index (χ2v) is 5.35. The van der Waals surface area contributed by atoms with Crippen LogP contribution in [0.3, 0.4) is 0 Å². The monoisotopic (exact) mass is 343 g/mol. The van der Waals surface area contributed by atoms with Gasteiger partial charge in [-0.25, -0.2) is 0 Å². The molecule has 0 aliphatic carbocycles. The SMILES string of the molecule is CCOc1ccc(C(=O)NCCc2ccccc2OC)cc1OCC. The van der Waals surface area contributed by atoms with Gasteiger partial charge < -0.3 is 19.5 Å². The Bertz CT molecular complexity index is 700. The first-order chi connectivity index (χ1) is 12.2. The number of ether oxygens (including phenoxy) is 3. The normalized spacial score (nSPS) is 10.2. The van der Waals surface area contributed by atoms with Crippen molar-refractivity contribution in [2.45, 2.75) is 20.3 Å². The lowest BCUT2D eigenvalue weighted by Gasteiger charge is -2.13. The van der Waals surface area contributed by atoms with Crippen LogP contribution in [0, 0.1) is 0 Å². The molecule has 0 saturated carbocycles. The molecule has 0 aromatic heterocycles. The fraction of sp³-hybridized carbons (Fsp3) is 0.350. The third-order valence-electron chi connectivity index (χ3n) is 3.68. The Hall–Kier alpha value is -2.69. The zero-order valence-electron chi connectivity index (χ0n) is 15.0. The van der Waals surface area contributed by atoms with Gasteiger partial charge in [-0.05, 0) is 50.1 Å². The van der Waals surface area contributed by atoms with Crippen molar-refractivity contribution in [3.05, 3.63) is 53.6 Å². The lowest BCUT2D eigenvalue weighted by Crippen LogP contribution is -2.25. The minimum absolute atomic E-state index is 0.140. The Morgan fingerprint density at radius 1 is 0.960 bits per heavy atom. The molecule has 1 N–H and O–H groups in total. The molecule has 0 aliphatic heterocycles. The largest absolute Gasteiger partial charge is 0.496 e. The highest BCUT2D eigenvalue weighted by molar-refractivity contribution is 5.94. The predicted octanol–water partition coefficient (Wildman–Crippen LogP) is 3.47. The molecule has 2 rings (SSSR count). The van der Waals surface area contributed by atoms with E-state index in [0.29, 0.717) is 43.2 Å². The molecule has 0 atom stereocenters. The van der Waals surface area contributed by atoms with E-state index in [0.717, 1.165) is 11.3 Å². The summed E-state index contributed by atoms with van der Waals surface area (Å²) in [5.74, 6) is 1.92. The summed E-state index contributed by atoms with van der Waals surface area (Å²) in [6, 6.07) is 13.0. The van der Waals surface area contributed by atoms with Crippen LogP contribution in [0.4, 0.5) is 0 Å². The Labute approximate surface area is 148 Å². The number of carbonyl (C=O) groups is 1. The van der Waals surface area contributed by atoms with E-state index in [9.17, 15) is 4.79 Å². The Morgan fingerprint density at radius 3 is 2.40 bits per heavy atom. The van der Waals surface area contributed by atoms with Crippen molar-refractivity contribution < 1.29 is 19.0 Å². The van der Waals surface area contributed by atoms with Crippen molar-refractivity contribution in [2.24, 2.45) is 0 Å². The molecule has 0 saturated heterocycles. The van der Waals surface area contributed by atoms with Gasteiger partial charge in [0.15, 0.2) is 11.5 Å². The van der Waals surface area contributed by atoms with Crippen LogP contribution in [0.2, 0.25) is 0 Å². The lowest BCUT2D eigenvalue weighted by atomic mass is 10.1. The van der Waals surface area contributed by atoms with Crippen molar-refractivity contribution in [3.8, 4) is 17.2 Å². The maximum Gasteiger partial charge on any atom is 0.251 e. The third kappa shape index (κ3) is 5.14. The van der Waals surface area contributed by atoms with Crippen LogP contribution in [0.5, 0.6) is 17.2 Å². The molecule has 0 heterocycles. The van der Waals surface area contributed by atoms with E-state index >= 15 is 0 Å². The van der Waals surface area contributed by atoms with Crippen molar-refractivity contribution in [2.75, 3.05) is 26.9 Å². The van der Waals surface area contributed by atoms with Gasteiger partial charge in [0.2, 0.25) is 0 Å². The highest BCUT2D eigenvalue weighted by Gasteiger charge is 2.11. The van der Waals surface area contributed by atoms with E-state index in [2.05, 4.69) is 5.32 Å². The summed E-state index contributed by atoms with van der Waals surface area (Å²) in [6.45, 7) is 5.39. The smallest absolute Gasteiger partial charge is 0.251 e. The minimum Gasteiger partial charge on any atom is -0.496 e. The van der Waals surface area contributed by atoms with E-state index in [-0.39, 0.29) is 5.91 Å². The summed E-state index contributed by atoms with van der Waals surface area (Å²) in [5, 5.41) is 2.93. The molecule has 0 radical (unpaired) electrons. The van der Waals surface area contributed by atoms with E-state index in [1.54, 1.807) is 25.3 Å². The molecule has 2 aromatic rings. The highest BCUT2D eigenvalue weighted by Crippen LogP contribution is 2.28. The number of rotatable bonds is 9. The number of benzene rings is 2. The van der Waals surface area contributed by atoms with Crippen LogP contribution in [-0.4, -0.2) is 32.8 Å². The molecule has 5 nitrogen and oxygen atoms in total. The number of amides is 1. The minimum atomic E-state index is -0.140. The summed E-state index contributed by atoms with van der Waals surface area (Å²) in [7, 11) is 1.65. The van der Waals surface area contributed by atoms with Crippen LogP contribution in [0.25, 0.3) is 0 Å². The number of para-hydroxylation sites is 1. The second kappa shape index (κ2) is 9.57. The van der Waals surface area contributed by atoms with Crippen LogP contribution in [-0.2, 0) is 6.42 Å². The molecule has 25 heavy (non-hydrogen) atoms. The maximum atomic E-state index is 12.4. The first-order valence-electron chi connectivity index (χ1n) is 8.49. The third-order valence-corrected chi connectivity index (χ3v) is 3.68. The molecule has 2 aromatic carbocycles. The van der Waals surface area contributed by atoms with Crippen molar-refractivity contribution >= 4 is 5.91 Å². The van der Waals surface area contributed by atoms with Crippen molar-refractivity contribution in [1.29, 1.82) is 0 Å². The summed E-state index contributed by atoms with van der Waals surface area (Å²) in [4.78, 5) is 12.4. The van der Waals surface area contributed by atoms with Gasteiger partial charge >= 0.3 is 0 Å². The summed E-state index contributed by atoms with van der Waals surface area (Å²) in [6.07, 6.45) is 0.700. The van der Waals surface area contributed by atoms with Crippen LogP contribution in [0.15, 0.2) is 42.5 Å². The number of hydrogen-bond donors (Lipinski definition) is 1. The molecule has 0 unspecified atom stereocenters. The van der Waals surface area contributed by atoms with Gasteiger partial charge in [-0.1, -0.05) is 18.2 Å². The molecular weight excluding hydrogens is 318 g/mol. The number of carbonyl (C=O) groups excluding carboxylic acids is 1. The molecular formula is C20H25NO4. The number of methoxy groups -OCH3 is 1. The van der Waals surface area contributed by atoms with E-state index in [4.69, 9.17) is 14.2 Å². The predicted molar refractivity (Wildman–Crippen MR) is 97.8 cm³/mol. The van der Waals surface area contributed by atoms with E-state index in [1.165, 1.54) is 0 Å². The lowest BCUT2D eigenvalue weighted by molar-refractivity contribution is 0.0953. The van der Waals surface area contributed by atoms with Crippen LogP contribution in [0.1, 0.15) is 29.8 Å². The van der Waals surface area contributed by atoms with Gasteiger partial charge in [0.1, 0.15) is 5.75 Å². The average Bonchev–Trinajstić information content (AvgIpc) is 2.64. The van der Waals surface area contributed by atoms with Gasteiger partial charge in [0.05, 0.1) is 20.3 Å². The van der Waals surface area contributed by atoms with Gasteiger partial charge in [-0.15, -0.1) is 0 Å². The number of nitrogens with one attached hydrogen (secondary N) is 1. The molecule has 0 bridgehead atoms. The zero-order chi connectivity index (χ0) is 18.1. The van der Waals surface area contributed by atoms with Crippen molar-refractivity contribution in [3.63, 3.8) is 0 Å². The molecule has 0 spiro atoms. The first kappa shape index (κ1) is 18.6. The standard InChI is InChI=1S/C20H25NO4/c1-4-24-18-11-10-16(14-19(18)25-5-2)20(22)21-13-12-15-8-6-7-9-17(15)23-3/h6-11,14H,4-5,12-13H2,1-3H3,(H,21,22). The van der Waals surface area contributed by atoms with Crippen molar-refractivity contribution in [1.82, 2.24) is 5.32 Å².